The van der Waals surface area contributed by atoms with Crippen molar-refractivity contribution < 1.29 is 13.2 Å². The number of rotatable bonds is 11. The highest BCUT2D eigenvalue weighted by molar-refractivity contribution is 7.91. The van der Waals surface area contributed by atoms with Gasteiger partial charge in [-0.1, -0.05) is 49.1 Å². The van der Waals surface area contributed by atoms with Crippen LogP contribution in [-0.2, 0) is 16.4 Å². The van der Waals surface area contributed by atoms with Crippen LogP contribution in [0.15, 0.2) is 77.1 Å². The van der Waals surface area contributed by atoms with Crippen molar-refractivity contribution in [3.8, 4) is 5.75 Å². The molecule has 2 N–H and O–H groups in total. The number of ether oxygens (including phenoxy) is 1. The summed E-state index contributed by atoms with van der Waals surface area (Å²) >= 11 is 0. The second kappa shape index (κ2) is 11.9. The highest BCUT2D eigenvalue weighted by Gasteiger charge is 2.13. The SMILES string of the molecule is C=CCOc1ccccc1CN=C(NCC)NCCCS(=O)(=O)c1ccccc1. The molecule has 29 heavy (non-hydrogen) atoms. The summed E-state index contributed by atoms with van der Waals surface area (Å²) in [5.41, 5.74) is 0.971. The maximum atomic E-state index is 12.3. The van der Waals surface area contributed by atoms with Gasteiger partial charge in [0, 0.05) is 18.7 Å². The molecule has 2 aromatic carbocycles. The highest BCUT2D eigenvalue weighted by Crippen LogP contribution is 2.18. The van der Waals surface area contributed by atoms with E-state index in [1.807, 2.05) is 31.2 Å². The zero-order valence-electron chi connectivity index (χ0n) is 16.8. The van der Waals surface area contributed by atoms with Crippen molar-refractivity contribution in [3.05, 3.63) is 72.8 Å². The van der Waals surface area contributed by atoms with E-state index in [4.69, 9.17) is 4.74 Å². The number of aliphatic imine (C=N–C) groups is 1. The van der Waals surface area contributed by atoms with Crippen molar-refractivity contribution in [2.75, 3.05) is 25.4 Å². The Kier molecular flexibility index (Phi) is 9.24. The summed E-state index contributed by atoms with van der Waals surface area (Å²) < 4.78 is 30.3. The fraction of sp³-hybridized carbons (Fsp3) is 0.318. The lowest BCUT2D eigenvalue weighted by molar-refractivity contribution is 0.359. The minimum atomic E-state index is -3.27. The van der Waals surface area contributed by atoms with Crippen LogP contribution in [0.2, 0.25) is 0 Å². The van der Waals surface area contributed by atoms with Gasteiger partial charge in [-0.3, -0.25) is 0 Å². The Hall–Kier alpha value is -2.80. The molecule has 2 aromatic rings. The van der Waals surface area contributed by atoms with Crippen LogP contribution in [0, 0.1) is 0 Å². The van der Waals surface area contributed by atoms with Gasteiger partial charge in [-0.2, -0.15) is 0 Å². The van der Waals surface area contributed by atoms with Crippen molar-refractivity contribution in [2.45, 2.75) is 24.8 Å². The first kappa shape index (κ1) is 22.5. The number of hydrogen-bond donors (Lipinski definition) is 2. The summed E-state index contributed by atoms with van der Waals surface area (Å²) in [7, 11) is -3.27. The quantitative estimate of drug-likeness (QED) is 0.255. The number of nitrogens with zero attached hydrogens (tertiary/aromatic N) is 1. The van der Waals surface area contributed by atoms with Crippen LogP contribution in [0.1, 0.15) is 18.9 Å². The van der Waals surface area contributed by atoms with Gasteiger partial charge < -0.3 is 15.4 Å². The number of hydrogen-bond acceptors (Lipinski definition) is 4. The summed E-state index contributed by atoms with van der Waals surface area (Å²) in [6.45, 7) is 7.76. The lowest BCUT2D eigenvalue weighted by atomic mass is 10.2. The largest absolute Gasteiger partial charge is 0.489 e. The smallest absolute Gasteiger partial charge is 0.191 e. The number of nitrogens with one attached hydrogen (secondary N) is 2. The summed E-state index contributed by atoms with van der Waals surface area (Å²) in [5, 5.41) is 6.37. The Morgan fingerprint density at radius 2 is 1.83 bits per heavy atom. The van der Waals surface area contributed by atoms with Gasteiger partial charge in [0.25, 0.3) is 0 Å². The molecule has 0 saturated carbocycles. The maximum Gasteiger partial charge on any atom is 0.191 e. The van der Waals surface area contributed by atoms with Crippen molar-refractivity contribution in [1.82, 2.24) is 10.6 Å². The first-order chi connectivity index (χ1) is 14.1. The van der Waals surface area contributed by atoms with Crippen LogP contribution in [0.3, 0.4) is 0 Å². The van der Waals surface area contributed by atoms with Crippen LogP contribution in [0.5, 0.6) is 5.75 Å². The number of guanidine groups is 1. The molecule has 0 atom stereocenters. The molecule has 0 bridgehead atoms. The van der Waals surface area contributed by atoms with E-state index in [1.54, 1.807) is 36.4 Å². The molecule has 0 unspecified atom stereocenters. The van der Waals surface area contributed by atoms with E-state index in [0.717, 1.165) is 11.3 Å². The molecule has 0 heterocycles. The van der Waals surface area contributed by atoms with Gasteiger partial charge in [-0.25, -0.2) is 13.4 Å². The zero-order valence-corrected chi connectivity index (χ0v) is 17.6. The highest BCUT2D eigenvalue weighted by atomic mass is 32.2. The Morgan fingerprint density at radius 3 is 2.55 bits per heavy atom. The van der Waals surface area contributed by atoms with Crippen molar-refractivity contribution in [1.29, 1.82) is 0 Å². The van der Waals surface area contributed by atoms with Gasteiger partial charge in [0.1, 0.15) is 12.4 Å². The second-order valence-electron chi connectivity index (χ2n) is 6.31. The van der Waals surface area contributed by atoms with Crippen molar-refractivity contribution in [2.24, 2.45) is 4.99 Å². The maximum absolute atomic E-state index is 12.3. The molecular weight excluding hydrogens is 386 g/mol. The van der Waals surface area contributed by atoms with Crippen molar-refractivity contribution in [3.63, 3.8) is 0 Å². The molecule has 0 aliphatic heterocycles. The van der Waals surface area contributed by atoms with Gasteiger partial charge >= 0.3 is 0 Å². The third-order valence-electron chi connectivity index (χ3n) is 4.07. The molecule has 0 radical (unpaired) electrons. The normalized spacial score (nSPS) is 11.7. The van der Waals surface area contributed by atoms with Gasteiger partial charge in [0.2, 0.25) is 0 Å². The average molecular weight is 416 g/mol. The van der Waals surface area contributed by atoms with Gasteiger partial charge in [-0.15, -0.1) is 0 Å². The number of para-hydroxylation sites is 1. The van der Waals surface area contributed by atoms with Crippen LogP contribution in [0.4, 0.5) is 0 Å². The number of sulfone groups is 1. The monoisotopic (exact) mass is 415 g/mol. The van der Waals surface area contributed by atoms with Gasteiger partial charge in [0.15, 0.2) is 15.8 Å². The first-order valence-corrected chi connectivity index (χ1v) is 11.3. The van der Waals surface area contributed by atoms with E-state index >= 15 is 0 Å². The lowest BCUT2D eigenvalue weighted by Crippen LogP contribution is -2.38. The lowest BCUT2D eigenvalue weighted by Gasteiger charge is -2.13. The summed E-state index contributed by atoms with van der Waals surface area (Å²) in [4.78, 5) is 4.94. The van der Waals surface area contributed by atoms with Crippen LogP contribution >= 0.6 is 0 Å². The van der Waals surface area contributed by atoms with E-state index in [1.165, 1.54) is 0 Å². The molecule has 0 aliphatic rings. The molecule has 0 aliphatic carbocycles. The fourth-order valence-electron chi connectivity index (χ4n) is 2.64. The minimum Gasteiger partial charge on any atom is -0.489 e. The zero-order chi connectivity index (χ0) is 21.0. The summed E-state index contributed by atoms with van der Waals surface area (Å²) in [6.07, 6.45) is 2.19. The summed E-state index contributed by atoms with van der Waals surface area (Å²) in [5.74, 6) is 1.51. The summed E-state index contributed by atoms with van der Waals surface area (Å²) in [6, 6.07) is 16.3. The second-order valence-corrected chi connectivity index (χ2v) is 8.42. The van der Waals surface area contributed by atoms with Crippen molar-refractivity contribution >= 4 is 15.8 Å². The first-order valence-electron chi connectivity index (χ1n) is 9.68. The Bertz CT molecular complexity index is 897. The molecular formula is C22H29N3O3S. The van der Waals surface area contributed by atoms with E-state index < -0.39 is 9.84 Å². The van der Waals surface area contributed by atoms with Crippen LogP contribution in [0.25, 0.3) is 0 Å². The Morgan fingerprint density at radius 1 is 1.10 bits per heavy atom. The predicted octanol–water partition coefficient (Wildman–Crippen LogP) is 3.17. The Balaban J connectivity index is 1.91. The average Bonchev–Trinajstić information content (AvgIpc) is 2.74. The molecule has 7 heteroatoms. The van der Waals surface area contributed by atoms with Crippen LogP contribution < -0.4 is 15.4 Å². The molecule has 2 rings (SSSR count). The number of benzene rings is 2. The third-order valence-corrected chi connectivity index (χ3v) is 5.88. The van der Waals surface area contributed by atoms with E-state index in [9.17, 15) is 8.42 Å². The predicted molar refractivity (Wildman–Crippen MR) is 118 cm³/mol. The molecule has 0 aromatic heterocycles. The third kappa shape index (κ3) is 7.62. The van der Waals surface area contributed by atoms with Gasteiger partial charge in [0.05, 0.1) is 17.2 Å². The standard InChI is InChI=1S/C22H29N3O3S/c1-3-16-28-21-14-9-8-11-19(21)18-25-22(23-4-2)24-15-10-17-29(26,27)20-12-6-5-7-13-20/h3,5-9,11-14H,1,4,10,15-18H2,2H3,(H2,23,24,25). The fourth-order valence-corrected chi connectivity index (χ4v) is 3.98. The molecule has 0 spiro atoms. The minimum absolute atomic E-state index is 0.0850. The molecule has 156 valence electrons. The van der Waals surface area contributed by atoms with Crippen LogP contribution in [-0.4, -0.2) is 39.8 Å². The van der Waals surface area contributed by atoms with Gasteiger partial charge in [-0.05, 0) is 31.5 Å². The molecule has 0 fully saturated rings. The van der Waals surface area contributed by atoms with E-state index in [-0.39, 0.29) is 5.75 Å². The van der Waals surface area contributed by atoms with E-state index in [0.29, 0.717) is 43.5 Å². The molecule has 6 nitrogen and oxygen atoms in total. The van der Waals surface area contributed by atoms with E-state index in [2.05, 4.69) is 22.2 Å². The molecule has 0 amide bonds. The molecule has 0 saturated heterocycles. The topological polar surface area (TPSA) is 79.8 Å². The Labute approximate surface area is 173 Å².